The third kappa shape index (κ3) is 0.910. The van der Waals surface area contributed by atoms with Gasteiger partial charge >= 0.3 is 0 Å². The lowest BCUT2D eigenvalue weighted by Crippen LogP contribution is -2.24. The molecule has 0 spiro atoms. The van der Waals surface area contributed by atoms with Crippen molar-refractivity contribution in [3.63, 3.8) is 0 Å². The molecule has 3 rings (SSSR count). The third-order valence-electron chi connectivity index (χ3n) is 2.89. The van der Waals surface area contributed by atoms with Crippen molar-refractivity contribution in [2.45, 2.75) is 25.2 Å². The first-order valence-corrected chi connectivity index (χ1v) is 4.67. The normalized spacial score (nSPS) is 33.6. The maximum absolute atomic E-state index is 11.7. The molecule has 72 valence electrons. The molecule has 1 aromatic rings. The molecule has 1 heterocycles. The minimum Gasteiger partial charge on any atom is -0.386 e. The van der Waals surface area contributed by atoms with Crippen LogP contribution in [0.25, 0.3) is 0 Å². The monoisotopic (exact) mass is 190 g/mol. The van der Waals surface area contributed by atoms with Crippen LogP contribution >= 0.6 is 0 Å². The van der Waals surface area contributed by atoms with Crippen LogP contribution in [0.2, 0.25) is 0 Å². The Kier molecular flexibility index (Phi) is 1.42. The minimum absolute atomic E-state index is 0.00954. The summed E-state index contributed by atoms with van der Waals surface area (Å²) in [6.45, 7) is 1.94. The second-order valence-electron chi connectivity index (χ2n) is 3.92. The zero-order valence-electron chi connectivity index (χ0n) is 7.73. The number of ketones is 1. The van der Waals surface area contributed by atoms with Gasteiger partial charge in [0.25, 0.3) is 0 Å². The molecule has 3 atom stereocenters. The van der Waals surface area contributed by atoms with Crippen LogP contribution in [0.1, 0.15) is 27.6 Å². The number of aryl methyl sites for hydroxylation is 1. The van der Waals surface area contributed by atoms with E-state index < -0.39 is 6.10 Å². The number of ether oxygens (including phenoxy) is 1. The number of Topliss-reactive ketones (excluding diaryl/α,β-unsaturated/α-hetero) is 1. The zero-order valence-corrected chi connectivity index (χ0v) is 7.73. The van der Waals surface area contributed by atoms with Gasteiger partial charge in [0.2, 0.25) is 0 Å². The van der Waals surface area contributed by atoms with Gasteiger partial charge in [-0.25, -0.2) is 0 Å². The molecule has 3 heteroatoms. The van der Waals surface area contributed by atoms with Crippen molar-refractivity contribution >= 4 is 5.78 Å². The van der Waals surface area contributed by atoms with Crippen LogP contribution in [0.15, 0.2) is 18.2 Å². The van der Waals surface area contributed by atoms with Crippen molar-refractivity contribution in [1.29, 1.82) is 0 Å². The minimum atomic E-state index is -0.632. The number of aliphatic hydroxyl groups excluding tert-OH is 1. The summed E-state index contributed by atoms with van der Waals surface area (Å²) in [6.07, 6.45) is -1.32. The van der Waals surface area contributed by atoms with Crippen LogP contribution in [-0.2, 0) is 4.74 Å². The summed E-state index contributed by atoms with van der Waals surface area (Å²) in [5.74, 6) is 0.00954. The summed E-state index contributed by atoms with van der Waals surface area (Å²) in [4.78, 5) is 11.7. The SMILES string of the molecule is Cc1ccc2c(c1)C(O)C1OC1C2=O. The molecular formula is C11H10O3. The molecule has 1 saturated heterocycles. The van der Waals surface area contributed by atoms with Gasteiger partial charge in [0.15, 0.2) is 5.78 Å². The lowest BCUT2D eigenvalue weighted by molar-refractivity contribution is 0.0941. The van der Waals surface area contributed by atoms with Gasteiger partial charge in [-0.15, -0.1) is 0 Å². The summed E-state index contributed by atoms with van der Waals surface area (Å²) in [7, 11) is 0. The van der Waals surface area contributed by atoms with Gasteiger partial charge in [-0.3, -0.25) is 4.79 Å². The van der Waals surface area contributed by atoms with Crippen molar-refractivity contribution in [2.75, 3.05) is 0 Å². The lowest BCUT2D eigenvalue weighted by Gasteiger charge is -2.17. The van der Waals surface area contributed by atoms with Crippen LogP contribution < -0.4 is 0 Å². The maximum Gasteiger partial charge on any atom is 0.194 e. The molecule has 3 nitrogen and oxygen atoms in total. The van der Waals surface area contributed by atoms with Crippen molar-refractivity contribution in [1.82, 2.24) is 0 Å². The van der Waals surface area contributed by atoms with E-state index in [4.69, 9.17) is 4.74 Å². The van der Waals surface area contributed by atoms with Crippen molar-refractivity contribution in [3.05, 3.63) is 34.9 Å². The Labute approximate surface area is 81.3 Å². The number of aliphatic hydroxyl groups is 1. The molecule has 1 aliphatic carbocycles. The van der Waals surface area contributed by atoms with E-state index in [1.807, 2.05) is 19.1 Å². The Hall–Kier alpha value is -1.19. The Morgan fingerprint density at radius 2 is 2.21 bits per heavy atom. The highest BCUT2D eigenvalue weighted by atomic mass is 16.6. The van der Waals surface area contributed by atoms with Crippen molar-refractivity contribution in [3.8, 4) is 0 Å². The van der Waals surface area contributed by atoms with E-state index >= 15 is 0 Å². The summed E-state index contributed by atoms with van der Waals surface area (Å²) in [5, 5.41) is 9.84. The highest BCUT2D eigenvalue weighted by Gasteiger charge is 2.54. The number of benzene rings is 1. The molecule has 2 aliphatic rings. The first kappa shape index (κ1) is 8.15. The molecule has 0 amide bonds. The summed E-state index contributed by atoms with van der Waals surface area (Å²) in [5.41, 5.74) is 2.38. The first-order valence-electron chi connectivity index (χ1n) is 4.67. The molecule has 0 saturated carbocycles. The smallest absolute Gasteiger partial charge is 0.194 e. The average Bonchev–Trinajstić information content (AvgIpc) is 2.94. The van der Waals surface area contributed by atoms with Crippen molar-refractivity contribution < 1.29 is 14.6 Å². The third-order valence-corrected chi connectivity index (χ3v) is 2.89. The maximum atomic E-state index is 11.7. The largest absolute Gasteiger partial charge is 0.386 e. The number of hydrogen-bond donors (Lipinski definition) is 1. The summed E-state index contributed by atoms with van der Waals surface area (Å²) in [6, 6.07) is 5.51. The molecule has 1 N–H and O–H groups in total. The number of hydrogen-bond acceptors (Lipinski definition) is 3. The number of epoxide rings is 1. The van der Waals surface area contributed by atoms with E-state index in [-0.39, 0.29) is 18.0 Å². The lowest BCUT2D eigenvalue weighted by atomic mass is 9.87. The fourth-order valence-corrected chi connectivity index (χ4v) is 2.06. The van der Waals surface area contributed by atoms with E-state index in [1.165, 1.54) is 0 Å². The fraction of sp³-hybridized carbons (Fsp3) is 0.364. The highest BCUT2D eigenvalue weighted by Crippen LogP contribution is 2.42. The zero-order chi connectivity index (χ0) is 9.87. The summed E-state index contributed by atoms with van der Waals surface area (Å²) < 4.78 is 5.13. The van der Waals surface area contributed by atoms with Crippen LogP contribution in [0, 0.1) is 6.92 Å². The molecule has 14 heavy (non-hydrogen) atoms. The second-order valence-corrected chi connectivity index (χ2v) is 3.92. The predicted octanol–water partition coefficient (Wildman–Crippen LogP) is 0.992. The van der Waals surface area contributed by atoms with Gasteiger partial charge in [0, 0.05) is 5.56 Å². The first-order chi connectivity index (χ1) is 6.68. The van der Waals surface area contributed by atoms with Crippen LogP contribution in [0.3, 0.4) is 0 Å². The number of carbonyl (C=O) groups is 1. The van der Waals surface area contributed by atoms with Crippen molar-refractivity contribution in [2.24, 2.45) is 0 Å². The molecule has 0 bridgehead atoms. The number of rotatable bonds is 0. The van der Waals surface area contributed by atoms with E-state index in [1.54, 1.807) is 6.07 Å². The molecule has 1 aromatic carbocycles. The van der Waals surface area contributed by atoms with Gasteiger partial charge in [-0.05, 0) is 12.5 Å². The molecule has 0 aromatic heterocycles. The van der Waals surface area contributed by atoms with Gasteiger partial charge in [-0.2, -0.15) is 0 Å². The molecule has 1 aliphatic heterocycles. The number of fused-ring (bicyclic) bond motifs is 2. The van der Waals surface area contributed by atoms with E-state index in [0.29, 0.717) is 11.1 Å². The van der Waals surface area contributed by atoms with Gasteiger partial charge in [-0.1, -0.05) is 23.8 Å². The fourth-order valence-electron chi connectivity index (χ4n) is 2.06. The molecule has 1 fully saturated rings. The molecule has 3 unspecified atom stereocenters. The van der Waals surface area contributed by atoms with Crippen LogP contribution in [-0.4, -0.2) is 23.1 Å². The Morgan fingerprint density at radius 1 is 1.43 bits per heavy atom. The Morgan fingerprint density at radius 3 is 3.00 bits per heavy atom. The Balaban J connectivity index is 2.19. The molecule has 0 radical (unpaired) electrons. The number of carbonyl (C=O) groups excluding carboxylic acids is 1. The highest BCUT2D eigenvalue weighted by molar-refractivity contribution is 6.04. The van der Waals surface area contributed by atoms with Crippen LogP contribution in [0.5, 0.6) is 0 Å². The average molecular weight is 190 g/mol. The Bertz CT molecular complexity index is 425. The van der Waals surface area contributed by atoms with E-state index in [9.17, 15) is 9.90 Å². The van der Waals surface area contributed by atoms with Gasteiger partial charge < -0.3 is 9.84 Å². The second kappa shape index (κ2) is 2.43. The summed E-state index contributed by atoms with van der Waals surface area (Å²) >= 11 is 0. The predicted molar refractivity (Wildman–Crippen MR) is 49.1 cm³/mol. The van der Waals surface area contributed by atoms with Gasteiger partial charge in [0.1, 0.15) is 18.3 Å². The quantitative estimate of drug-likeness (QED) is 0.621. The molecular weight excluding hydrogens is 180 g/mol. The topological polar surface area (TPSA) is 49.8 Å². The van der Waals surface area contributed by atoms with E-state index in [2.05, 4.69) is 0 Å². The van der Waals surface area contributed by atoms with E-state index in [0.717, 1.165) is 5.56 Å². The standard InChI is InChI=1S/C11H10O3/c1-5-2-3-6-7(4-5)9(13)11-10(14-11)8(6)12/h2-4,9-11,13H,1H3. The van der Waals surface area contributed by atoms with Gasteiger partial charge in [0.05, 0.1) is 0 Å². The van der Waals surface area contributed by atoms with Crippen LogP contribution in [0.4, 0.5) is 0 Å².